The van der Waals surface area contributed by atoms with Crippen molar-refractivity contribution in [1.29, 1.82) is 0 Å². The van der Waals surface area contributed by atoms with E-state index >= 15 is 0 Å². The number of amides is 3. The second-order valence-corrected chi connectivity index (χ2v) is 9.11. The average Bonchev–Trinajstić information content (AvgIpc) is 2.88. The van der Waals surface area contributed by atoms with E-state index in [4.69, 9.17) is 14.7 Å². The smallest absolute Gasteiger partial charge is 0.409 e. The van der Waals surface area contributed by atoms with Crippen LogP contribution < -0.4 is 15.5 Å². The van der Waals surface area contributed by atoms with Gasteiger partial charge in [-0.05, 0) is 30.0 Å². The lowest BCUT2D eigenvalue weighted by Crippen LogP contribution is -2.52. The lowest BCUT2D eigenvalue weighted by molar-refractivity contribution is -0.141. The predicted octanol–water partition coefficient (Wildman–Crippen LogP) is 3.62. The quantitative estimate of drug-likeness (QED) is 0.357. The van der Waals surface area contributed by atoms with E-state index in [-0.39, 0.29) is 37.7 Å². The number of hydrogen-bond acceptors (Lipinski definition) is 6. The number of anilines is 1. The van der Waals surface area contributed by atoms with Crippen molar-refractivity contribution in [3.63, 3.8) is 0 Å². The molecular formula is C26H32FN3O6. The Morgan fingerprint density at radius 2 is 1.86 bits per heavy atom. The van der Waals surface area contributed by atoms with E-state index in [1.807, 2.05) is 44.2 Å². The van der Waals surface area contributed by atoms with Crippen LogP contribution in [0.25, 0.3) is 0 Å². The third-order valence-electron chi connectivity index (χ3n) is 5.90. The van der Waals surface area contributed by atoms with Gasteiger partial charge in [0.25, 0.3) is 0 Å². The van der Waals surface area contributed by atoms with Crippen molar-refractivity contribution in [2.45, 2.75) is 26.7 Å². The van der Waals surface area contributed by atoms with Crippen LogP contribution >= 0.6 is 0 Å². The van der Waals surface area contributed by atoms with E-state index in [2.05, 4.69) is 5.32 Å². The van der Waals surface area contributed by atoms with Gasteiger partial charge < -0.3 is 19.7 Å². The number of ether oxygens (including phenoxy) is 2. The summed E-state index contributed by atoms with van der Waals surface area (Å²) in [6, 6.07) is 13.9. The fourth-order valence-corrected chi connectivity index (χ4v) is 3.95. The zero-order valence-corrected chi connectivity index (χ0v) is 20.4. The minimum Gasteiger partial charge on any atom is -0.493 e. The molecule has 1 aliphatic heterocycles. The summed E-state index contributed by atoms with van der Waals surface area (Å²) in [5.74, 6) is -3.52. The number of carbonyl (C=O) groups is 3. The average molecular weight is 502 g/mol. The molecule has 1 fully saturated rings. The Labute approximate surface area is 209 Å². The number of piperidine rings is 1. The van der Waals surface area contributed by atoms with Gasteiger partial charge in [0.15, 0.2) is 0 Å². The van der Waals surface area contributed by atoms with Gasteiger partial charge >= 0.3 is 6.09 Å². The Kier molecular flexibility index (Phi) is 9.63. The maximum absolute atomic E-state index is 14.7. The molecule has 2 atom stereocenters. The Morgan fingerprint density at radius 3 is 2.53 bits per heavy atom. The second kappa shape index (κ2) is 12.9. The van der Waals surface area contributed by atoms with E-state index in [1.165, 1.54) is 17.0 Å². The zero-order chi connectivity index (χ0) is 26.1. The van der Waals surface area contributed by atoms with Crippen molar-refractivity contribution < 1.29 is 33.5 Å². The van der Waals surface area contributed by atoms with Crippen molar-refractivity contribution in [1.82, 2.24) is 10.4 Å². The number of rotatable bonds is 9. The first-order valence-corrected chi connectivity index (χ1v) is 11.9. The summed E-state index contributed by atoms with van der Waals surface area (Å²) in [5, 5.41) is 11.7. The van der Waals surface area contributed by atoms with Crippen LogP contribution in [-0.4, -0.2) is 54.3 Å². The summed E-state index contributed by atoms with van der Waals surface area (Å²) in [7, 11) is 0. The summed E-state index contributed by atoms with van der Waals surface area (Å²) in [5.41, 5.74) is 2.60. The number of halogens is 1. The molecule has 3 N–H and O–H groups in total. The molecular weight excluding hydrogens is 469 g/mol. The SMILES string of the molecule is CC(C)COC(=O)N1CCC(C(=O)Nc2ccc(OCCc3ccccc3)cc2F)C(C(=O)NO)C1. The summed E-state index contributed by atoms with van der Waals surface area (Å²) in [6.07, 6.45) is 0.217. The summed E-state index contributed by atoms with van der Waals surface area (Å²) >= 11 is 0. The fourth-order valence-electron chi connectivity index (χ4n) is 3.95. The minimum atomic E-state index is -1.03. The molecule has 0 bridgehead atoms. The first-order valence-electron chi connectivity index (χ1n) is 11.9. The Bertz CT molecular complexity index is 1050. The predicted molar refractivity (Wildman–Crippen MR) is 130 cm³/mol. The van der Waals surface area contributed by atoms with E-state index in [1.54, 1.807) is 11.5 Å². The second-order valence-electron chi connectivity index (χ2n) is 9.11. The molecule has 0 aliphatic carbocycles. The molecule has 2 aromatic carbocycles. The molecule has 2 aromatic rings. The Morgan fingerprint density at radius 1 is 1.11 bits per heavy atom. The number of nitrogens with one attached hydrogen (secondary N) is 2. The van der Waals surface area contributed by atoms with Crippen LogP contribution in [0.1, 0.15) is 25.8 Å². The Balaban J connectivity index is 1.59. The normalized spacial score (nSPS) is 17.4. The lowest BCUT2D eigenvalue weighted by atomic mass is 9.84. The highest BCUT2D eigenvalue weighted by Crippen LogP contribution is 2.28. The first kappa shape index (κ1) is 26.9. The van der Waals surface area contributed by atoms with Crippen LogP contribution in [0.4, 0.5) is 14.9 Å². The fraction of sp³-hybridized carbons (Fsp3) is 0.423. The molecule has 0 spiro atoms. The molecule has 10 heteroatoms. The largest absolute Gasteiger partial charge is 0.493 e. The molecule has 1 heterocycles. The molecule has 3 rings (SSSR count). The van der Waals surface area contributed by atoms with Gasteiger partial charge in [-0.1, -0.05) is 44.2 Å². The van der Waals surface area contributed by atoms with Crippen LogP contribution in [0.15, 0.2) is 48.5 Å². The highest BCUT2D eigenvalue weighted by atomic mass is 19.1. The van der Waals surface area contributed by atoms with Crippen LogP contribution in [0.3, 0.4) is 0 Å². The maximum Gasteiger partial charge on any atom is 0.409 e. The van der Waals surface area contributed by atoms with Crippen LogP contribution in [-0.2, 0) is 20.7 Å². The van der Waals surface area contributed by atoms with Crippen molar-refractivity contribution in [3.05, 3.63) is 59.9 Å². The molecule has 36 heavy (non-hydrogen) atoms. The molecule has 2 unspecified atom stereocenters. The first-order chi connectivity index (χ1) is 17.3. The van der Waals surface area contributed by atoms with Gasteiger partial charge in [0.05, 0.1) is 30.7 Å². The third-order valence-corrected chi connectivity index (χ3v) is 5.90. The molecule has 194 valence electrons. The minimum absolute atomic E-state index is 0.0580. The van der Waals surface area contributed by atoms with Gasteiger partial charge in [-0.2, -0.15) is 0 Å². The Hall–Kier alpha value is -3.66. The van der Waals surface area contributed by atoms with Crippen LogP contribution in [0.2, 0.25) is 0 Å². The van der Waals surface area contributed by atoms with Crippen molar-refractivity contribution >= 4 is 23.6 Å². The molecule has 0 saturated carbocycles. The van der Waals surface area contributed by atoms with Gasteiger partial charge in [0, 0.05) is 25.6 Å². The number of hydrogen-bond donors (Lipinski definition) is 3. The molecule has 9 nitrogen and oxygen atoms in total. The van der Waals surface area contributed by atoms with Crippen LogP contribution in [0.5, 0.6) is 5.75 Å². The van der Waals surface area contributed by atoms with Gasteiger partial charge in [0.2, 0.25) is 11.8 Å². The van der Waals surface area contributed by atoms with Gasteiger partial charge in [-0.3, -0.25) is 14.8 Å². The molecule has 0 radical (unpaired) electrons. The van der Waals surface area contributed by atoms with Crippen LogP contribution in [0, 0.1) is 23.6 Å². The lowest BCUT2D eigenvalue weighted by Gasteiger charge is -2.36. The number of hydroxylamine groups is 1. The highest BCUT2D eigenvalue weighted by molar-refractivity contribution is 5.96. The highest BCUT2D eigenvalue weighted by Gasteiger charge is 2.40. The van der Waals surface area contributed by atoms with Crippen molar-refractivity contribution in [2.24, 2.45) is 17.8 Å². The van der Waals surface area contributed by atoms with Crippen molar-refractivity contribution in [2.75, 3.05) is 31.6 Å². The molecule has 3 amide bonds. The summed E-state index contributed by atoms with van der Waals surface area (Å²) in [6.45, 7) is 4.45. The van der Waals surface area contributed by atoms with Gasteiger partial charge in [0.1, 0.15) is 11.6 Å². The molecule has 1 aliphatic rings. The number of carbonyl (C=O) groups excluding carboxylic acids is 3. The number of nitrogens with zero attached hydrogens (tertiary/aromatic N) is 1. The molecule has 0 aromatic heterocycles. The number of benzene rings is 2. The summed E-state index contributed by atoms with van der Waals surface area (Å²) < 4.78 is 25.5. The van der Waals surface area contributed by atoms with E-state index in [0.29, 0.717) is 18.8 Å². The van der Waals surface area contributed by atoms with Gasteiger partial charge in [-0.25, -0.2) is 14.7 Å². The van der Waals surface area contributed by atoms with E-state index in [0.717, 1.165) is 5.56 Å². The van der Waals surface area contributed by atoms with Crippen molar-refractivity contribution in [3.8, 4) is 5.75 Å². The topological polar surface area (TPSA) is 117 Å². The van der Waals surface area contributed by atoms with Gasteiger partial charge in [-0.15, -0.1) is 0 Å². The monoisotopic (exact) mass is 501 g/mol. The third kappa shape index (κ3) is 7.42. The standard InChI is InChI=1S/C26H32FN3O6/c1-17(2)16-36-26(33)30-12-10-20(21(15-30)25(32)29-34)24(31)28-23-9-8-19(14-22(23)27)35-13-11-18-6-4-3-5-7-18/h3-9,14,17,20-21,34H,10-13,15-16H2,1-2H3,(H,28,31)(H,29,32). The van der Waals surface area contributed by atoms with E-state index < -0.39 is 35.6 Å². The zero-order valence-electron chi connectivity index (χ0n) is 20.4. The number of likely N-dealkylation sites (tertiary alicyclic amines) is 1. The maximum atomic E-state index is 14.7. The van der Waals surface area contributed by atoms with E-state index in [9.17, 15) is 18.8 Å². The molecule has 1 saturated heterocycles. The summed E-state index contributed by atoms with van der Waals surface area (Å²) in [4.78, 5) is 38.9.